The molecular weight excluding hydrogens is 284 g/mol. The third-order valence-electron chi connectivity index (χ3n) is 0.138. The Kier molecular flexibility index (Phi) is 6.81. The van der Waals surface area contributed by atoms with Gasteiger partial charge in [0.25, 0.3) is 10.1 Å². The molecule has 1 N–H and O–H groups in total. The van der Waals surface area contributed by atoms with Crippen molar-refractivity contribution in [1.82, 2.24) is 0 Å². The van der Waals surface area contributed by atoms with E-state index in [4.69, 9.17) is 4.55 Å². The second-order valence-electron chi connectivity index (χ2n) is 0.691. The molecule has 0 radical (unpaired) electrons. The first-order valence-corrected chi connectivity index (χ1v) is 2.68. The molecule has 0 aromatic rings. The minimum atomic E-state index is -4.33. The van der Waals surface area contributed by atoms with E-state index in [0.717, 1.165) is 0 Å². The zero-order chi connectivity index (χ0) is 5.21. The quantitative estimate of drug-likeness (QED) is 0.680. The summed E-state index contributed by atoms with van der Waals surface area (Å²) in [6.07, 6.45) is 0. The molecule has 0 saturated carbocycles. The fraction of sp³-hybridized carbons (Fsp3) is 1.00. The topological polar surface area (TPSA) is 54.4 Å². The standard InChI is InChI=1S/CH3FO3S.Yb/c2-1-6(3,4)5;/h1H2,(H,3,4,5);. The van der Waals surface area contributed by atoms with E-state index in [2.05, 4.69) is 0 Å². The summed E-state index contributed by atoms with van der Waals surface area (Å²) in [5, 5.41) is 0. The summed E-state index contributed by atoms with van der Waals surface area (Å²) in [6, 6.07) is -1.70. The van der Waals surface area contributed by atoms with Crippen LogP contribution in [0.15, 0.2) is 0 Å². The molecule has 0 unspecified atom stereocenters. The summed E-state index contributed by atoms with van der Waals surface area (Å²) in [4.78, 5) is 0. The molecule has 0 aliphatic carbocycles. The molecule has 0 heterocycles. The molecule has 0 aromatic carbocycles. The molecule has 0 aliphatic heterocycles. The zero-order valence-corrected chi connectivity index (χ0v) is 5.56. The second-order valence-corrected chi connectivity index (χ2v) is 2.07. The molecule has 0 fully saturated rings. The van der Waals surface area contributed by atoms with E-state index >= 15 is 0 Å². The summed E-state index contributed by atoms with van der Waals surface area (Å²) in [7, 11) is -4.33. The van der Waals surface area contributed by atoms with E-state index in [1.54, 1.807) is 0 Å². The molecule has 0 spiro atoms. The molecule has 52 valence electrons. The van der Waals surface area contributed by atoms with Crippen molar-refractivity contribution in [3.05, 3.63) is 0 Å². The molecule has 0 atom stereocenters. The van der Waals surface area contributed by atoms with Crippen molar-refractivity contribution in [2.75, 3.05) is 6.01 Å². The van der Waals surface area contributed by atoms with Gasteiger partial charge in [-0.15, -0.1) is 0 Å². The van der Waals surface area contributed by atoms with E-state index < -0.39 is 16.1 Å². The van der Waals surface area contributed by atoms with Gasteiger partial charge in [0.15, 0.2) is 0 Å². The van der Waals surface area contributed by atoms with Gasteiger partial charge in [0.1, 0.15) is 0 Å². The van der Waals surface area contributed by atoms with E-state index in [1.165, 1.54) is 0 Å². The average Bonchev–Trinajstić information content (AvgIpc) is 1.35. The van der Waals surface area contributed by atoms with Crippen molar-refractivity contribution in [2.24, 2.45) is 0 Å². The molecule has 0 rings (SSSR count). The van der Waals surface area contributed by atoms with Gasteiger partial charge in [-0.25, -0.2) is 4.39 Å². The summed E-state index contributed by atoms with van der Waals surface area (Å²) in [6.45, 7) is 0. The fourth-order valence-corrected chi connectivity index (χ4v) is 0. The van der Waals surface area contributed by atoms with Gasteiger partial charge in [0.05, 0.1) is 0 Å². The van der Waals surface area contributed by atoms with Gasteiger partial charge in [0, 0.05) is 46.9 Å². The number of halogens is 1. The molecule has 0 aromatic heterocycles. The van der Waals surface area contributed by atoms with E-state index in [0.29, 0.717) is 0 Å². The Labute approximate surface area is 79.3 Å². The maximum atomic E-state index is 10.7. The minimum absolute atomic E-state index is 0. The Bertz CT molecular complexity index is 117. The van der Waals surface area contributed by atoms with Crippen LogP contribution in [-0.2, 0) is 10.1 Å². The van der Waals surface area contributed by atoms with Crippen LogP contribution >= 0.6 is 0 Å². The number of hydrogen-bond acceptors (Lipinski definition) is 2. The van der Waals surface area contributed by atoms with Crippen LogP contribution in [0.2, 0.25) is 0 Å². The minimum Gasteiger partial charge on any atom is -0.284 e. The normalized spacial score (nSPS) is 10.0. The molecule has 0 aliphatic rings. The predicted molar refractivity (Wildman–Crippen MR) is 17.5 cm³/mol. The van der Waals surface area contributed by atoms with Gasteiger partial charge >= 0.3 is 0 Å². The van der Waals surface area contributed by atoms with Gasteiger partial charge in [-0.2, -0.15) is 8.42 Å². The number of alkyl halides is 1. The van der Waals surface area contributed by atoms with Gasteiger partial charge < -0.3 is 0 Å². The maximum absolute atomic E-state index is 10.7. The third-order valence-corrected chi connectivity index (χ3v) is 0.414. The summed E-state index contributed by atoms with van der Waals surface area (Å²) < 4.78 is 36.4. The van der Waals surface area contributed by atoms with Crippen molar-refractivity contribution < 1.29 is 64.3 Å². The molecule has 0 amide bonds. The summed E-state index contributed by atoms with van der Waals surface area (Å²) in [5.74, 6) is 0. The van der Waals surface area contributed by atoms with Crippen LogP contribution in [-0.4, -0.2) is 19.0 Å². The first-order chi connectivity index (χ1) is 2.56. The second kappa shape index (κ2) is 4.26. The monoisotopic (exact) mass is 288 g/mol. The van der Waals surface area contributed by atoms with Crippen LogP contribution in [0.25, 0.3) is 0 Å². The molecule has 0 bridgehead atoms. The van der Waals surface area contributed by atoms with Crippen molar-refractivity contribution in [3.63, 3.8) is 0 Å². The zero-order valence-electron chi connectivity index (χ0n) is 3.02. The number of rotatable bonds is 1. The van der Waals surface area contributed by atoms with Gasteiger partial charge in [0.2, 0.25) is 6.01 Å². The van der Waals surface area contributed by atoms with E-state index in [9.17, 15) is 12.8 Å². The van der Waals surface area contributed by atoms with Crippen LogP contribution in [0, 0.1) is 46.9 Å². The molecule has 7 heavy (non-hydrogen) atoms. The van der Waals surface area contributed by atoms with E-state index in [1.807, 2.05) is 0 Å². The van der Waals surface area contributed by atoms with Gasteiger partial charge in [-0.05, 0) is 0 Å². The first kappa shape index (κ1) is 11.2. The Morgan fingerprint density at radius 1 is 1.57 bits per heavy atom. The smallest absolute Gasteiger partial charge is 0.284 e. The van der Waals surface area contributed by atoms with Crippen LogP contribution in [0.1, 0.15) is 0 Å². The fourth-order valence-electron chi connectivity index (χ4n) is 0. The summed E-state index contributed by atoms with van der Waals surface area (Å²) >= 11 is 0. The Morgan fingerprint density at radius 2 is 1.71 bits per heavy atom. The van der Waals surface area contributed by atoms with Crippen LogP contribution in [0.4, 0.5) is 4.39 Å². The molecule has 3 nitrogen and oxygen atoms in total. The third kappa shape index (κ3) is 11.1. The van der Waals surface area contributed by atoms with Crippen molar-refractivity contribution in [1.29, 1.82) is 0 Å². The predicted octanol–water partition coefficient (Wildman–Crippen LogP) is -0.199. The van der Waals surface area contributed by atoms with E-state index in [-0.39, 0.29) is 46.9 Å². The molecule has 6 heteroatoms. The summed E-state index contributed by atoms with van der Waals surface area (Å²) in [5.41, 5.74) is 0. The Balaban J connectivity index is 0. The Hall–Kier alpha value is 1.36. The molecule has 0 saturated heterocycles. The maximum Gasteiger partial charge on any atom is 0.294 e. The largest absolute Gasteiger partial charge is 0.294 e. The SMILES string of the molecule is O=S(=O)(O)CF.[Yb]. The Morgan fingerprint density at radius 3 is 1.71 bits per heavy atom. The van der Waals surface area contributed by atoms with Gasteiger partial charge in [-0.1, -0.05) is 0 Å². The van der Waals surface area contributed by atoms with Crippen LogP contribution < -0.4 is 0 Å². The first-order valence-electron chi connectivity index (χ1n) is 1.07. The average molecular weight is 287 g/mol. The van der Waals surface area contributed by atoms with Crippen molar-refractivity contribution in [2.45, 2.75) is 0 Å². The van der Waals surface area contributed by atoms with Crippen molar-refractivity contribution in [3.8, 4) is 0 Å². The van der Waals surface area contributed by atoms with Gasteiger partial charge in [-0.3, -0.25) is 4.55 Å². The molecular formula is CH3FO3SYb. The van der Waals surface area contributed by atoms with Crippen LogP contribution in [0.5, 0.6) is 0 Å². The van der Waals surface area contributed by atoms with Crippen LogP contribution in [0.3, 0.4) is 0 Å². The van der Waals surface area contributed by atoms with Crippen molar-refractivity contribution >= 4 is 10.1 Å². The number of hydrogen-bond donors (Lipinski definition) is 1.